The zero-order chi connectivity index (χ0) is 18.2. The van der Waals surface area contributed by atoms with Crippen LogP contribution in [0.25, 0.3) is 22.3 Å². The topological polar surface area (TPSA) is 85.0 Å². The van der Waals surface area contributed by atoms with Crippen molar-refractivity contribution in [2.24, 2.45) is 0 Å². The van der Waals surface area contributed by atoms with E-state index in [2.05, 4.69) is 20.1 Å². The first-order valence-corrected chi connectivity index (χ1v) is 8.67. The van der Waals surface area contributed by atoms with Crippen LogP contribution in [0.4, 0.5) is 0 Å². The molecule has 0 aliphatic carbocycles. The molecule has 7 nitrogen and oxygen atoms in total. The van der Waals surface area contributed by atoms with Crippen LogP contribution < -0.4 is 0 Å². The molecule has 1 saturated heterocycles. The minimum atomic E-state index is -0.0796. The molecule has 0 spiro atoms. The minimum Gasteiger partial charge on any atom is -0.339 e. The molecule has 5 rings (SSSR count). The molecular formula is C20H15N5O2. The summed E-state index contributed by atoms with van der Waals surface area (Å²) < 4.78 is 5.37. The van der Waals surface area contributed by atoms with E-state index in [1.54, 1.807) is 23.4 Å². The van der Waals surface area contributed by atoms with Crippen molar-refractivity contribution in [1.82, 2.24) is 25.0 Å². The van der Waals surface area contributed by atoms with Crippen molar-refractivity contribution < 1.29 is 9.32 Å². The highest BCUT2D eigenvalue weighted by Gasteiger charge is 2.36. The van der Waals surface area contributed by atoms with Gasteiger partial charge in [0, 0.05) is 36.4 Å². The lowest BCUT2D eigenvalue weighted by atomic mass is 9.99. The van der Waals surface area contributed by atoms with Crippen molar-refractivity contribution in [2.75, 3.05) is 13.1 Å². The third kappa shape index (κ3) is 2.83. The van der Waals surface area contributed by atoms with Gasteiger partial charge in [-0.25, -0.2) is 4.98 Å². The van der Waals surface area contributed by atoms with E-state index in [0.717, 1.165) is 16.5 Å². The number of pyridine rings is 2. The highest BCUT2D eigenvalue weighted by atomic mass is 16.5. The lowest BCUT2D eigenvalue weighted by Gasteiger charge is -2.36. The lowest BCUT2D eigenvalue weighted by molar-refractivity contribution is 0.0563. The van der Waals surface area contributed by atoms with E-state index in [1.807, 2.05) is 42.5 Å². The number of hydrogen-bond acceptors (Lipinski definition) is 6. The van der Waals surface area contributed by atoms with Gasteiger partial charge in [-0.2, -0.15) is 4.98 Å². The van der Waals surface area contributed by atoms with Gasteiger partial charge in [0.1, 0.15) is 5.69 Å². The predicted octanol–water partition coefficient (Wildman–Crippen LogP) is 2.92. The third-order valence-corrected chi connectivity index (χ3v) is 4.70. The van der Waals surface area contributed by atoms with Crippen LogP contribution in [0.3, 0.4) is 0 Å². The fourth-order valence-electron chi connectivity index (χ4n) is 3.16. The van der Waals surface area contributed by atoms with Gasteiger partial charge in [0.05, 0.1) is 11.4 Å². The van der Waals surface area contributed by atoms with E-state index in [1.165, 1.54) is 0 Å². The van der Waals surface area contributed by atoms with Crippen LogP contribution >= 0.6 is 0 Å². The molecule has 3 aromatic heterocycles. The molecule has 7 heteroatoms. The second kappa shape index (κ2) is 6.28. The molecule has 1 aromatic carbocycles. The molecule has 0 bridgehead atoms. The first kappa shape index (κ1) is 15.6. The summed E-state index contributed by atoms with van der Waals surface area (Å²) in [7, 11) is 0. The van der Waals surface area contributed by atoms with Crippen LogP contribution in [-0.2, 0) is 0 Å². The van der Waals surface area contributed by atoms with E-state index >= 15 is 0 Å². The van der Waals surface area contributed by atoms with Gasteiger partial charge in [-0.15, -0.1) is 0 Å². The van der Waals surface area contributed by atoms with Gasteiger partial charge in [0.15, 0.2) is 0 Å². The number of rotatable bonds is 3. The van der Waals surface area contributed by atoms with Crippen LogP contribution in [0.5, 0.6) is 0 Å². The van der Waals surface area contributed by atoms with Gasteiger partial charge in [0.2, 0.25) is 11.7 Å². The molecule has 1 aliphatic rings. The number of para-hydroxylation sites is 1. The molecule has 0 radical (unpaired) electrons. The Balaban J connectivity index is 1.29. The number of benzene rings is 1. The van der Waals surface area contributed by atoms with Crippen LogP contribution in [0.15, 0.2) is 65.4 Å². The molecule has 0 N–H and O–H groups in total. The summed E-state index contributed by atoms with van der Waals surface area (Å²) in [5, 5.41) is 5.03. The van der Waals surface area contributed by atoms with Gasteiger partial charge in [-0.3, -0.25) is 9.78 Å². The Labute approximate surface area is 154 Å². The maximum atomic E-state index is 12.7. The SMILES string of the molecule is O=C(c1ccc2ccccc2n1)N1CC(c2nc(-c3cccnc3)no2)C1. The number of likely N-dealkylation sites (tertiary alicyclic amines) is 1. The van der Waals surface area contributed by atoms with E-state index < -0.39 is 0 Å². The van der Waals surface area contributed by atoms with Crippen LogP contribution in [0.2, 0.25) is 0 Å². The third-order valence-electron chi connectivity index (χ3n) is 4.70. The molecule has 1 fully saturated rings. The Kier molecular flexibility index (Phi) is 3.64. The van der Waals surface area contributed by atoms with Gasteiger partial charge in [-0.05, 0) is 24.3 Å². The van der Waals surface area contributed by atoms with Gasteiger partial charge >= 0.3 is 0 Å². The molecule has 132 valence electrons. The zero-order valence-corrected chi connectivity index (χ0v) is 14.3. The standard InChI is InChI=1S/C20H15N5O2/c26-20(17-8-7-13-4-1-2-6-16(13)22-17)25-11-15(12-25)19-23-18(24-27-19)14-5-3-9-21-10-14/h1-10,15H,11-12H2. The normalized spacial score (nSPS) is 14.3. The van der Waals surface area contributed by atoms with Gasteiger partial charge in [-0.1, -0.05) is 29.4 Å². The molecule has 4 heterocycles. The summed E-state index contributed by atoms with van der Waals surface area (Å²) in [6, 6.07) is 15.1. The minimum absolute atomic E-state index is 0.0485. The summed E-state index contributed by atoms with van der Waals surface area (Å²) in [6.45, 7) is 1.09. The van der Waals surface area contributed by atoms with E-state index in [0.29, 0.717) is 30.5 Å². The molecule has 4 aromatic rings. The summed E-state index contributed by atoms with van der Waals surface area (Å²) >= 11 is 0. The van der Waals surface area contributed by atoms with Gasteiger partial charge in [0.25, 0.3) is 5.91 Å². The molecule has 0 atom stereocenters. The number of carbonyl (C=O) groups is 1. The van der Waals surface area contributed by atoms with Crippen molar-refractivity contribution in [1.29, 1.82) is 0 Å². The van der Waals surface area contributed by atoms with Crippen molar-refractivity contribution in [2.45, 2.75) is 5.92 Å². The van der Waals surface area contributed by atoms with Crippen molar-refractivity contribution in [3.8, 4) is 11.4 Å². The van der Waals surface area contributed by atoms with Gasteiger partial charge < -0.3 is 9.42 Å². The Morgan fingerprint density at radius 3 is 2.78 bits per heavy atom. The second-order valence-corrected chi connectivity index (χ2v) is 6.49. The van der Waals surface area contributed by atoms with Crippen LogP contribution in [0, 0.1) is 0 Å². The van der Waals surface area contributed by atoms with Crippen molar-refractivity contribution in [3.05, 3.63) is 72.5 Å². The Morgan fingerprint density at radius 1 is 1.04 bits per heavy atom. The number of fused-ring (bicyclic) bond motifs is 1. The maximum absolute atomic E-state index is 12.7. The fraction of sp³-hybridized carbons (Fsp3) is 0.150. The summed E-state index contributed by atoms with van der Waals surface area (Å²) in [6.07, 6.45) is 3.39. The molecule has 0 unspecified atom stereocenters. The lowest BCUT2D eigenvalue weighted by Crippen LogP contribution is -2.48. The second-order valence-electron chi connectivity index (χ2n) is 6.49. The monoisotopic (exact) mass is 357 g/mol. The number of carbonyl (C=O) groups excluding carboxylic acids is 1. The summed E-state index contributed by atoms with van der Waals surface area (Å²) in [4.78, 5) is 27.4. The quantitative estimate of drug-likeness (QED) is 0.560. The Bertz CT molecular complexity index is 1120. The fourth-order valence-corrected chi connectivity index (χ4v) is 3.16. The Hall–Kier alpha value is -3.61. The van der Waals surface area contributed by atoms with Crippen LogP contribution in [-0.4, -0.2) is 44.0 Å². The average Bonchev–Trinajstić information content (AvgIpc) is 3.17. The predicted molar refractivity (Wildman–Crippen MR) is 97.9 cm³/mol. The van der Waals surface area contributed by atoms with E-state index in [9.17, 15) is 4.79 Å². The first-order chi connectivity index (χ1) is 13.3. The van der Waals surface area contributed by atoms with Crippen LogP contribution in [0.1, 0.15) is 22.3 Å². The number of amides is 1. The van der Waals surface area contributed by atoms with Crippen molar-refractivity contribution >= 4 is 16.8 Å². The Morgan fingerprint density at radius 2 is 1.93 bits per heavy atom. The van der Waals surface area contributed by atoms with E-state index in [4.69, 9.17) is 4.52 Å². The number of aromatic nitrogens is 4. The summed E-state index contributed by atoms with van der Waals surface area (Å²) in [5.41, 5.74) is 2.08. The maximum Gasteiger partial charge on any atom is 0.272 e. The molecule has 1 amide bonds. The zero-order valence-electron chi connectivity index (χ0n) is 14.3. The number of nitrogens with zero attached hydrogens (tertiary/aromatic N) is 5. The number of hydrogen-bond donors (Lipinski definition) is 0. The highest BCUT2D eigenvalue weighted by molar-refractivity contribution is 5.95. The summed E-state index contributed by atoms with van der Waals surface area (Å²) in [5.74, 6) is 1.03. The first-order valence-electron chi connectivity index (χ1n) is 8.67. The van der Waals surface area contributed by atoms with E-state index in [-0.39, 0.29) is 11.8 Å². The van der Waals surface area contributed by atoms with Crippen molar-refractivity contribution in [3.63, 3.8) is 0 Å². The molecular weight excluding hydrogens is 342 g/mol. The highest BCUT2D eigenvalue weighted by Crippen LogP contribution is 2.28. The molecule has 1 aliphatic heterocycles. The molecule has 27 heavy (non-hydrogen) atoms. The smallest absolute Gasteiger partial charge is 0.272 e. The largest absolute Gasteiger partial charge is 0.339 e. The average molecular weight is 357 g/mol. The molecule has 0 saturated carbocycles.